The third kappa shape index (κ3) is 9.59. The highest BCUT2D eigenvalue weighted by atomic mass is 79.9. The molecule has 1 saturated heterocycles. The van der Waals surface area contributed by atoms with Crippen molar-refractivity contribution >= 4 is 51.4 Å². The van der Waals surface area contributed by atoms with Crippen LogP contribution in [0, 0.1) is 0 Å². The minimum Gasteiger partial charge on any atom is -0.497 e. The van der Waals surface area contributed by atoms with Crippen molar-refractivity contribution in [1.29, 1.82) is 0 Å². The van der Waals surface area contributed by atoms with Crippen molar-refractivity contribution in [1.82, 2.24) is 31.1 Å². The van der Waals surface area contributed by atoms with Crippen LogP contribution < -0.4 is 35.5 Å². The molecule has 0 aliphatic carbocycles. The molecule has 1 fully saturated rings. The number of nitrogens with one attached hydrogen (secondary N) is 4. The van der Waals surface area contributed by atoms with Gasteiger partial charge in [-0.05, 0) is 73.9 Å². The van der Waals surface area contributed by atoms with Gasteiger partial charge in [0.1, 0.15) is 47.8 Å². The standard InChI is InChI=1S/C40H47BrN6O9/c1-21-35(48)43-22(2)39(52)46(4)31(16-24-8-12-27(54-6)13-9-24)37(50)44-23(3)40(53)47(5)32-17-25-10-14-28(15-11-25)56-34-19-26(29(41)20-33(34)55-7)18-30(36(49)42-21)45-38(32)51/h8-15,19-23,30-32H,16-18H2,1-7H3,(H,42,49)(H,43,48)(H,44,50)(H,45,51)/t21-,22+,23+,30+,31+,32+/m1/s1. The Kier molecular flexibility index (Phi) is 13.3. The van der Waals surface area contributed by atoms with Crippen molar-refractivity contribution in [3.63, 3.8) is 0 Å². The van der Waals surface area contributed by atoms with E-state index in [-0.39, 0.29) is 19.3 Å². The molecular formula is C40H47BrN6O9. The molecule has 0 saturated carbocycles. The summed E-state index contributed by atoms with van der Waals surface area (Å²) in [5.74, 6) is -1.92. The summed E-state index contributed by atoms with van der Waals surface area (Å²) in [6, 6.07) is 10.4. The molecule has 6 rings (SSSR count). The van der Waals surface area contributed by atoms with Crippen LogP contribution in [0.15, 0.2) is 65.1 Å². The summed E-state index contributed by atoms with van der Waals surface area (Å²) in [7, 11) is 5.93. The van der Waals surface area contributed by atoms with Crippen molar-refractivity contribution < 1.29 is 43.0 Å². The molecule has 298 valence electrons. The highest BCUT2D eigenvalue weighted by Gasteiger charge is 2.37. The lowest BCUT2D eigenvalue weighted by atomic mass is 10.00. The topological polar surface area (TPSA) is 185 Å². The Balaban J connectivity index is 1.56. The molecule has 15 nitrogen and oxygen atoms in total. The van der Waals surface area contributed by atoms with Gasteiger partial charge in [-0.25, -0.2) is 0 Å². The fourth-order valence-corrected chi connectivity index (χ4v) is 7.06. The molecule has 0 aromatic heterocycles. The SMILES string of the molecule is COc1ccc(C[C@H]2C(=O)N[C@@H](C)C(=O)N(C)[C@H]3Cc4ccc(cc4)Oc4cc(c(Br)cc4OC)C[C@H](NC3=O)C(=O)N[C@H](C)C(=O)N[C@@H](C)C(=O)N2C)cc1. The zero-order valence-electron chi connectivity index (χ0n) is 32.3. The van der Waals surface area contributed by atoms with E-state index >= 15 is 0 Å². The lowest BCUT2D eigenvalue weighted by Crippen LogP contribution is -2.61. The molecule has 4 N–H and O–H groups in total. The number of carbonyl (C=O) groups excluding carboxylic acids is 6. The molecule has 56 heavy (non-hydrogen) atoms. The van der Waals surface area contributed by atoms with Crippen molar-refractivity contribution in [3.05, 3.63) is 81.8 Å². The number of methoxy groups -OCH3 is 2. The first kappa shape index (κ1) is 41.5. The van der Waals surface area contributed by atoms with Crippen LogP contribution in [0.3, 0.4) is 0 Å². The average molecular weight is 836 g/mol. The molecule has 0 unspecified atom stereocenters. The third-order valence-electron chi connectivity index (χ3n) is 10.0. The van der Waals surface area contributed by atoms with Crippen LogP contribution in [-0.2, 0) is 48.0 Å². The van der Waals surface area contributed by atoms with Gasteiger partial charge in [0.2, 0.25) is 35.4 Å². The molecule has 3 heterocycles. The lowest BCUT2D eigenvalue weighted by molar-refractivity contribution is -0.145. The first-order valence-corrected chi connectivity index (χ1v) is 18.9. The highest BCUT2D eigenvalue weighted by molar-refractivity contribution is 9.10. The summed E-state index contributed by atoms with van der Waals surface area (Å²) in [6.45, 7) is 4.42. The minimum atomic E-state index is -1.25. The maximum absolute atomic E-state index is 14.4. The van der Waals surface area contributed by atoms with Gasteiger partial charge >= 0.3 is 0 Å². The summed E-state index contributed by atoms with van der Waals surface area (Å²) in [6.07, 6.45) is 0.0477. The molecule has 6 atom stereocenters. The summed E-state index contributed by atoms with van der Waals surface area (Å²) in [5, 5.41) is 10.9. The molecule has 6 amide bonds. The number of amides is 6. The Morgan fingerprint density at radius 2 is 1.30 bits per heavy atom. The largest absolute Gasteiger partial charge is 0.497 e. The second-order valence-electron chi connectivity index (χ2n) is 14.0. The highest BCUT2D eigenvalue weighted by Crippen LogP contribution is 2.37. The van der Waals surface area contributed by atoms with Crippen LogP contribution >= 0.6 is 15.9 Å². The van der Waals surface area contributed by atoms with E-state index in [1.54, 1.807) is 60.7 Å². The molecule has 0 radical (unpaired) electrons. The zero-order chi connectivity index (χ0) is 40.8. The fourth-order valence-electron chi connectivity index (χ4n) is 6.58. The molecule has 3 aliphatic heterocycles. The van der Waals surface area contributed by atoms with E-state index in [0.717, 1.165) is 0 Å². The normalized spacial score (nSPS) is 24.1. The Bertz CT molecular complexity index is 1980. The van der Waals surface area contributed by atoms with E-state index in [0.29, 0.717) is 44.2 Å². The van der Waals surface area contributed by atoms with Crippen molar-refractivity contribution in [3.8, 4) is 23.0 Å². The van der Waals surface area contributed by atoms with Crippen molar-refractivity contribution in [2.45, 2.75) is 76.3 Å². The van der Waals surface area contributed by atoms with E-state index in [2.05, 4.69) is 37.2 Å². The van der Waals surface area contributed by atoms with Crippen molar-refractivity contribution in [2.75, 3.05) is 28.3 Å². The summed E-state index contributed by atoms with van der Waals surface area (Å²) in [5.41, 5.74) is 1.95. The van der Waals surface area contributed by atoms with Crippen LogP contribution in [0.5, 0.6) is 23.0 Å². The number of ether oxygens (including phenoxy) is 3. The van der Waals surface area contributed by atoms with Gasteiger partial charge in [0.15, 0.2) is 11.5 Å². The quantitative estimate of drug-likeness (QED) is 0.306. The number of hydrogen-bond acceptors (Lipinski definition) is 9. The number of likely N-dealkylation sites (N-methyl/N-ethyl adjacent to an activating group) is 2. The molecule has 0 spiro atoms. The van der Waals surface area contributed by atoms with Gasteiger partial charge in [0.25, 0.3) is 0 Å². The number of nitrogens with zero attached hydrogens (tertiary/aromatic N) is 2. The van der Waals surface area contributed by atoms with Gasteiger partial charge < -0.3 is 45.3 Å². The maximum Gasteiger partial charge on any atom is 0.245 e. The second-order valence-corrected chi connectivity index (χ2v) is 14.8. The summed E-state index contributed by atoms with van der Waals surface area (Å²) in [4.78, 5) is 86.2. The Morgan fingerprint density at radius 1 is 0.696 bits per heavy atom. The van der Waals surface area contributed by atoms with Crippen molar-refractivity contribution in [2.24, 2.45) is 0 Å². The third-order valence-corrected chi connectivity index (χ3v) is 10.7. The predicted octanol–water partition coefficient (Wildman–Crippen LogP) is 2.27. The van der Waals surface area contributed by atoms with Gasteiger partial charge in [-0.15, -0.1) is 0 Å². The van der Waals surface area contributed by atoms with Crippen LogP contribution in [0.1, 0.15) is 37.5 Å². The van der Waals surface area contributed by atoms with E-state index in [1.165, 1.54) is 58.9 Å². The summed E-state index contributed by atoms with van der Waals surface area (Å²) < 4.78 is 17.6. The average Bonchev–Trinajstić information content (AvgIpc) is 3.18. The summed E-state index contributed by atoms with van der Waals surface area (Å²) >= 11 is 3.55. The number of hydrogen-bond donors (Lipinski definition) is 4. The zero-order valence-corrected chi connectivity index (χ0v) is 33.9. The predicted molar refractivity (Wildman–Crippen MR) is 209 cm³/mol. The van der Waals surface area contributed by atoms with Crippen LogP contribution in [0.4, 0.5) is 0 Å². The number of benzene rings is 3. The van der Waals surface area contributed by atoms with E-state index < -0.39 is 71.7 Å². The molecular weight excluding hydrogens is 788 g/mol. The fraction of sp³-hybridized carbons (Fsp3) is 0.400. The lowest BCUT2D eigenvalue weighted by Gasteiger charge is -2.34. The van der Waals surface area contributed by atoms with E-state index in [4.69, 9.17) is 14.2 Å². The molecule has 6 bridgehead atoms. The van der Waals surface area contributed by atoms with E-state index in [9.17, 15) is 28.8 Å². The van der Waals surface area contributed by atoms with E-state index in [1.807, 2.05) is 0 Å². The first-order chi connectivity index (χ1) is 26.6. The number of halogens is 1. The minimum absolute atomic E-state index is 0.0374. The van der Waals surface area contributed by atoms with Gasteiger partial charge in [-0.3, -0.25) is 28.8 Å². The maximum atomic E-state index is 14.4. The molecule has 3 aromatic carbocycles. The van der Waals surface area contributed by atoms with Gasteiger partial charge in [-0.1, -0.05) is 40.2 Å². The Morgan fingerprint density at radius 3 is 1.93 bits per heavy atom. The van der Waals surface area contributed by atoms with Crippen LogP contribution in [-0.4, -0.2) is 110 Å². The molecule has 16 heteroatoms. The Labute approximate surface area is 333 Å². The monoisotopic (exact) mass is 834 g/mol. The molecule has 3 aliphatic rings. The Hall–Kier alpha value is -5.64. The smallest absolute Gasteiger partial charge is 0.245 e. The van der Waals surface area contributed by atoms with Gasteiger partial charge in [0, 0.05) is 37.8 Å². The van der Waals surface area contributed by atoms with Gasteiger partial charge in [-0.2, -0.15) is 0 Å². The van der Waals surface area contributed by atoms with Gasteiger partial charge in [0.05, 0.1) is 14.2 Å². The first-order valence-electron chi connectivity index (χ1n) is 18.1. The van der Waals surface area contributed by atoms with Crippen LogP contribution in [0.25, 0.3) is 0 Å². The number of rotatable bonds is 4. The van der Waals surface area contributed by atoms with Crippen LogP contribution in [0.2, 0.25) is 0 Å². The number of fused-ring (bicyclic) bond motifs is 2. The second kappa shape index (κ2) is 17.9. The number of carbonyl (C=O) groups is 6. The molecule has 3 aromatic rings.